The van der Waals surface area contributed by atoms with Gasteiger partial charge in [-0.2, -0.15) is 4.98 Å². The molecule has 0 spiro atoms. The van der Waals surface area contributed by atoms with Gasteiger partial charge < -0.3 is 9.47 Å². The van der Waals surface area contributed by atoms with Gasteiger partial charge >= 0.3 is 6.01 Å². The van der Waals surface area contributed by atoms with Crippen LogP contribution in [0.1, 0.15) is 0 Å². The van der Waals surface area contributed by atoms with E-state index in [4.69, 9.17) is 14.6 Å². The molecule has 0 amide bonds. The number of benzene rings is 2. The number of nitrogens with zero attached hydrogens (tertiary/aromatic N) is 2. The number of aromatic nitrogens is 2. The second-order valence-corrected chi connectivity index (χ2v) is 9.17. The summed E-state index contributed by atoms with van der Waals surface area (Å²) in [6, 6.07) is 11.5. The zero-order valence-electron chi connectivity index (χ0n) is 15.9. The zero-order valence-corrected chi connectivity index (χ0v) is 17.6. The predicted octanol–water partition coefficient (Wildman–Crippen LogP) is 1.61. The van der Waals surface area contributed by atoms with Crippen molar-refractivity contribution in [3.63, 3.8) is 0 Å². The Kier molecular flexibility index (Phi) is 5.92. The van der Waals surface area contributed by atoms with Crippen molar-refractivity contribution >= 4 is 25.7 Å². The molecule has 0 saturated heterocycles. The van der Waals surface area contributed by atoms with Gasteiger partial charge in [0.2, 0.25) is 15.9 Å². The molecule has 3 aromatic rings. The molecule has 30 heavy (non-hydrogen) atoms. The number of nitrogens with two attached hydrogens (primary N) is 1. The molecule has 0 aliphatic heterocycles. The van der Waals surface area contributed by atoms with Gasteiger partial charge in [-0.3, -0.25) is 4.72 Å². The quantitative estimate of drug-likeness (QED) is 0.551. The minimum atomic E-state index is -4.14. The van der Waals surface area contributed by atoms with Crippen molar-refractivity contribution in [2.24, 2.45) is 5.14 Å². The lowest BCUT2D eigenvalue weighted by atomic mass is 10.1. The number of hydrogen-bond donors (Lipinski definition) is 2. The average Bonchev–Trinajstić information content (AvgIpc) is 2.72. The van der Waals surface area contributed by atoms with Crippen LogP contribution in [0, 0.1) is 0 Å². The van der Waals surface area contributed by atoms with Gasteiger partial charge in [-0.15, -0.1) is 0 Å². The van der Waals surface area contributed by atoms with Crippen molar-refractivity contribution in [1.82, 2.24) is 9.97 Å². The summed E-state index contributed by atoms with van der Waals surface area (Å²) in [6.07, 6.45) is 1.44. The van der Waals surface area contributed by atoms with Gasteiger partial charge in [-0.05, 0) is 29.8 Å². The van der Waals surface area contributed by atoms with Crippen molar-refractivity contribution < 1.29 is 26.3 Å². The Balaban J connectivity index is 2.03. The van der Waals surface area contributed by atoms with E-state index < -0.39 is 20.0 Å². The van der Waals surface area contributed by atoms with Gasteiger partial charge in [0.1, 0.15) is 4.90 Å². The third kappa shape index (κ3) is 4.50. The van der Waals surface area contributed by atoms with Gasteiger partial charge in [0.15, 0.2) is 0 Å². The Hall–Kier alpha value is -3.22. The summed E-state index contributed by atoms with van der Waals surface area (Å²) in [7, 11) is -5.44. The minimum Gasteiger partial charge on any atom is -0.480 e. The highest BCUT2D eigenvalue weighted by atomic mass is 32.2. The Morgan fingerprint density at radius 3 is 2.37 bits per heavy atom. The van der Waals surface area contributed by atoms with Crippen LogP contribution in [0.15, 0.2) is 64.5 Å². The van der Waals surface area contributed by atoms with Crippen molar-refractivity contribution in [2.45, 2.75) is 9.79 Å². The van der Waals surface area contributed by atoms with Gasteiger partial charge in [0.05, 0.1) is 30.4 Å². The van der Waals surface area contributed by atoms with Gasteiger partial charge in [0, 0.05) is 6.20 Å². The molecule has 3 rings (SSSR count). The number of anilines is 1. The molecule has 0 bridgehead atoms. The van der Waals surface area contributed by atoms with E-state index >= 15 is 0 Å². The van der Waals surface area contributed by atoms with Gasteiger partial charge in [0.25, 0.3) is 10.0 Å². The van der Waals surface area contributed by atoms with Crippen molar-refractivity contribution in [2.75, 3.05) is 18.9 Å². The standard InChI is InChI=1S/C18H18N4O6S2/c1-27-17-14(11-20-18(21-17)28-2)12-6-5-7-13(10-12)30(25,26)22-15-8-3-4-9-16(15)29(19,23)24/h3-11,22H,1-2H3,(H2,19,23,24). The van der Waals surface area contributed by atoms with Gasteiger partial charge in [-0.1, -0.05) is 24.3 Å². The molecule has 10 nitrogen and oxygen atoms in total. The monoisotopic (exact) mass is 450 g/mol. The highest BCUT2D eigenvalue weighted by Crippen LogP contribution is 2.31. The second kappa shape index (κ2) is 8.26. The fraction of sp³-hybridized carbons (Fsp3) is 0.111. The van der Waals surface area contributed by atoms with E-state index in [0.29, 0.717) is 11.1 Å². The molecule has 12 heteroatoms. The number of hydrogen-bond acceptors (Lipinski definition) is 8. The van der Waals surface area contributed by atoms with Crippen LogP contribution >= 0.6 is 0 Å². The molecule has 158 valence electrons. The van der Waals surface area contributed by atoms with Crippen LogP contribution < -0.4 is 19.3 Å². The second-order valence-electron chi connectivity index (χ2n) is 5.95. The van der Waals surface area contributed by atoms with E-state index in [9.17, 15) is 16.8 Å². The third-order valence-corrected chi connectivity index (χ3v) is 6.33. The SMILES string of the molecule is COc1ncc(-c2cccc(S(=O)(=O)Nc3ccccc3S(N)(=O)=O)c2)c(OC)n1. The average molecular weight is 450 g/mol. The van der Waals surface area contributed by atoms with E-state index in [0.717, 1.165) is 0 Å². The highest BCUT2D eigenvalue weighted by Gasteiger charge is 2.21. The molecule has 3 N–H and O–H groups in total. The van der Waals surface area contributed by atoms with Gasteiger partial charge in [-0.25, -0.2) is 27.0 Å². The first-order valence-electron chi connectivity index (χ1n) is 8.36. The summed E-state index contributed by atoms with van der Waals surface area (Å²) in [5.41, 5.74) is 0.758. The Labute approximate surface area is 173 Å². The number of rotatable bonds is 7. The zero-order chi connectivity index (χ0) is 21.9. The number of primary sulfonamides is 1. The summed E-state index contributed by atoms with van der Waals surface area (Å²) in [5, 5.41) is 5.17. The number of para-hydroxylation sites is 1. The van der Waals surface area contributed by atoms with Crippen molar-refractivity contribution in [3.8, 4) is 23.0 Å². The molecule has 0 atom stereocenters. The van der Waals surface area contributed by atoms with E-state index in [-0.39, 0.29) is 27.4 Å². The van der Waals surface area contributed by atoms with Crippen LogP contribution in [0.25, 0.3) is 11.1 Å². The molecule has 0 fully saturated rings. The first-order valence-corrected chi connectivity index (χ1v) is 11.4. The number of sulfonamides is 2. The molecular weight excluding hydrogens is 432 g/mol. The molecule has 1 heterocycles. The van der Waals surface area contributed by atoms with Crippen LogP contribution in [0.2, 0.25) is 0 Å². The maximum Gasteiger partial charge on any atom is 0.319 e. The maximum atomic E-state index is 12.9. The number of ether oxygens (including phenoxy) is 2. The van der Waals surface area contributed by atoms with E-state index in [2.05, 4.69) is 14.7 Å². The van der Waals surface area contributed by atoms with Crippen molar-refractivity contribution in [1.29, 1.82) is 0 Å². The summed E-state index contributed by atoms with van der Waals surface area (Å²) in [6.45, 7) is 0. The molecule has 0 radical (unpaired) electrons. The molecule has 0 saturated carbocycles. The molecule has 2 aromatic carbocycles. The number of methoxy groups -OCH3 is 2. The van der Waals surface area contributed by atoms with Crippen LogP contribution in [0.5, 0.6) is 11.9 Å². The highest BCUT2D eigenvalue weighted by molar-refractivity contribution is 7.93. The first-order chi connectivity index (χ1) is 14.2. The Bertz CT molecular complexity index is 1290. The number of nitrogens with one attached hydrogen (secondary N) is 1. The summed E-state index contributed by atoms with van der Waals surface area (Å²) in [4.78, 5) is 7.66. The molecule has 0 unspecified atom stereocenters. The largest absolute Gasteiger partial charge is 0.480 e. The maximum absolute atomic E-state index is 12.9. The first kappa shape index (κ1) is 21.5. The Morgan fingerprint density at radius 2 is 1.70 bits per heavy atom. The molecular formula is C18H18N4O6S2. The predicted molar refractivity (Wildman–Crippen MR) is 109 cm³/mol. The third-order valence-electron chi connectivity index (χ3n) is 4.00. The van der Waals surface area contributed by atoms with Crippen LogP contribution in [0.4, 0.5) is 5.69 Å². The lowest BCUT2D eigenvalue weighted by Gasteiger charge is -2.13. The molecule has 0 aliphatic rings. The topological polar surface area (TPSA) is 151 Å². The minimum absolute atomic E-state index is 0.0978. The van der Waals surface area contributed by atoms with Crippen LogP contribution in [-0.4, -0.2) is 41.0 Å². The van der Waals surface area contributed by atoms with Crippen molar-refractivity contribution in [3.05, 3.63) is 54.7 Å². The lowest BCUT2D eigenvalue weighted by Crippen LogP contribution is -2.18. The molecule has 0 aliphatic carbocycles. The summed E-state index contributed by atoms with van der Waals surface area (Å²) >= 11 is 0. The van der Waals surface area contributed by atoms with E-state index in [1.54, 1.807) is 6.07 Å². The fourth-order valence-corrected chi connectivity index (χ4v) is 4.52. The summed E-state index contributed by atoms with van der Waals surface area (Å²) in [5.74, 6) is 0.198. The van der Waals surface area contributed by atoms with E-state index in [1.807, 2.05) is 0 Å². The van der Waals surface area contributed by atoms with Crippen LogP contribution in [-0.2, 0) is 20.0 Å². The smallest absolute Gasteiger partial charge is 0.319 e. The normalized spacial score (nSPS) is 11.7. The van der Waals surface area contributed by atoms with Crippen LogP contribution in [0.3, 0.4) is 0 Å². The lowest BCUT2D eigenvalue weighted by molar-refractivity contribution is 0.353. The molecule has 1 aromatic heterocycles. The Morgan fingerprint density at radius 1 is 0.967 bits per heavy atom. The van der Waals surface area contributed by atoms with E-state index in [1.165, 1.54) is 62.9 Å². The fourth-order valence-electron chi connectivity index (χ4n) is 2.64. The summed E-state index contributed by atoms with van der Waals surface area (Å²) < 4.78 is 61.7.